The molecule has 0 unspecified atom stereocenters. The Labute approximate surface area is 148 Å². The Morgan fingerprint density at radius 3 is 2.73 bits per heavy atom. The molecule has 0 radical (unpaired) electrons. The van der Waals surface area contributed by atoms with E-state index >= 15 is 0 Å². The van der Waals surface area contributed by atoms with Crippen LogP contribution in [0.3, 0.4) is 0 Å². The van der Waals surface area contributed by atoms with Crippen LogP contribution < -0.4 is 4.72 Å². The highest BCUT2D eigenvalue weighted by Gasteiger charge is 2.35. The molecule has 0 amide bonds. The summed E-state index contributed by atoms with van der Waals surface area (Å²) in [5.41, 5.74) is -0.604. The molecular weight excluding hydrogens is 374 g/mol. The van der Waals surface area contributed by atoms with E-state index in [9.17, 15) is 26.0 Å². The highest BCUT2D eigenvalue weighted by molar-refractivity contribution is 7.89. The van der Waals surface area contributed by atoms with E-state index in [0.29, 0.717) is 24.2 Å². The first-order valence-electron chi connectivity index (χ1n) is 7.95. The molecule has 1 aliphatic heterocycles. The average molecular weight is 391 g/mol. The first kappa shape index (κ1) is 18.8. The van der Waals surface area contributed by atoms with Gasteiger partial charge in [0.1, 0.15) is 11.6 Å². The van der Waals surface area contributed by atoms with Gasteiger partial charge in [-0.2, -0.15) is 13.2 Å². The summed E-state index contributed by atoms with van der Waals surface area (Å²) >= 11 is 0. The molecule has 2 aromatic rings. The lowest BCUT2D eigenvalue weighted by Gasteiger charge is -2.23. The summed E-state index contributed by atoms with van der Waals surface area (Å²) in [6.45, 7) is 1.82. The highest BCUT2D eigenvalue weighted by atomic mass is 32.2. The van der Waals surface area contributed by atoms with Crippen molar-refractivity contribution in [3.63, 3.8) is 0 Å². The van der Waals surface area contributed by atoms with E-state index in [1.807, 2.05) is 0 Å². The van der Waals surface area contributed by atoms with Gasteiger partial charge in [0.2, 0.25) is 10.0 Å². The van der Waals surface area contributed by atoms with Gasteiger partial charge in [-0.1, -0.05) is 6.07 Å². The third kappa shape index (κ3) is 3.90. The number of sulfonamides is 1. The molecule has 0 saturated carbocycles. The Morgan fingerprint density at radius 1 is 1.35 bits per heavy atom. The second-order valence-corrected chi connectivity index (χ2v) is 8.13. The summed E-state index contributed by atoms with van der Waals surface area (Å²) in [6, 6.07) is 3.63. The highest BCUT2D eigenvalue weighted by Crippen LogP contribution is 2.30. The summed E-state index contributed by atoms with van der Waals surface area (Å²) < 4.78 is 80.1. The number of nitrogens with zero attached hydrogens (tertiary/aromatic N) is 2. The average Bonchev–Trinajstić information content (AvgIpc) is 2.99. The molecule has 1 aliphatic rings. The van der Waals surface area contributed by atoms with E-state index in [1.165, 1.54) is 23.6 Å². The predicted molar refractivity (Wildman–Crippen MR) is 85.4 cm³/mol. The van der Waals surface area contributed by atoms with Crippen LogP contribution in [0.1, 0.15) is 23.5 Å². The van der Waals surface area contributed by atoms with E-state index in [1.54, 1.807) is 0 Å². The van der Waals surface area contributed by atoms with Gasteiger partial charge < -0.3 is 4.57 Å². The lowest BCUT2D eigenvalue weighted by atomic mass is 10.00. The van der Waals surface area contributed by atoms with Crippen molar-refractivity contribution in [1.29, 1.82) is 0 Å². The molecule has 142 valence electrons. The first-order chi connectivity index (χ1) is 12.1. The minimum Gasteiger partial charge on any atom is -0.334 e. The van der Waals surface area contributed by atoms with Crippen LogP contribution in [0.25, 0.3) is 0 Å². The number of fused-ring (bicyclic) bond motifs is 1. The molecular formula is C16H17F4N3O2S. The van der Waals surface area contributed by atoms with Crippen molar-refractivity contribution >= 4 is 10.0 Å². The molecule has 0 spiro atoms. The predicted octanol–water partition coefficient (Wildman–Crippen LogP) is 2.89. The summed E-state index contributed by atoms with van der Waals surface area (Å²) in [7, 11) is -3.89. The molecule has 10 heteroatoms. The number of benzene rings is 1. The van der Waals surface area contributed by atoms with Crippen molar-refractivity contribution in [3.05, 3.63) is 47.3 Å². The maximum Gasteiger partial charge on any atom is 0.434 e. The Hall–Kier alpha value is -1.94. The van der Waals surface area contributed by atoms with Crippen molar-refractivity contribution < 1.29 is 26.0 Å². The fraction of sp³-hybridized carbons (Fsp3) is 0.438. The Balaban J connectivity index is 1.67. The lowest BCUT2D eigenvalue weighted by Crippen LogP contribution is -2.33. The fourth-order valence-electron chi connectivity index (χ4n) is 2.87. The molecule has 26 heavy (non-hydrogen) atoms. The Kier molecular flexibility index (Phi) is 4.82. The van der Waals surface area contributed by atoms with Gasteiger partial charge in [-0.25, -0.2) is 22.5 Å². The van der Waals surface area contributed by atoms with Crippen LogP contribution in [0.2, 0.25) is 0 Å². The van der Waals surface area contributed by atoms with Gasteiger partial charge in [0, 0.05) is 25.7 Å². The van der Waals surface area contributed by atoms with Crippen LogP contribution in [-0.2, 0) is 29.2 Å². The summed E-state index contributed by atoms with van der Waals surface area (Å²) in [4.78, 5) is 3.41. The van der Waals surface area contributed by atoms with E-state index in [4.69, 9.17) is 0 Å². The Bertz CT molecular complexity index is 922. The molecule has 0 aliphatic carbocycles. The molecule has 1 atom stereocenters. The topological polar surface area (TPSA) is 64.0 Å². The third-order valence-electron chi connectivity index (χ3n) is 4.40. The van der Waals surface area contributed by atoms with E-state index < -0.39 is 27.7 Å². The number of nitrogens with one attached hydrogen (secondary N) is 1. The van der Waals surface area contributed by atoms with Gasteiger partial charge in [-0.05, 0) is 37.0 Å². The van der Waals surface area contributed by atoms with Gasteiger partial charge in [-0.3, -0.25) is 0 Å². The van der Waals surface area contributed by atoms with Gasteiger partial charge in [-0.15, -0.1) is 0 Å². The maximum atomic E-state index is 13.6. The molecule has 0 saturated heterocycles. The van der Waals surface area contributed by atoms with E-state index in [2.05, 4.69) is 9.71 Å². The van der Waals surface area contributed by atoms with Crippen LogP contribution in [0.5, 0.6) is 0 Å². The number of halogens is 4. The number of hydrogen-bond acceptors (Lipinski definition) is 3. The molecule has 3 rings (SSSR count). The fourth-order valence-corrected chi connectivity index (χ4v) is 4.00. The third-order valence-corrected chi connectivity index (χ3v) is 5.82. The zero-order valence-electron chi connectivity index (χ0n) is 13.8. The van der Waals surface area contributed by atoms with E-state index in [-0.39, 0.29) is 23.9 Å². The molecule has 1 N–H and O–H groups in total. The van der Waals surface area contributed by atoms with Crippen LogP contribution >= 0.6 is 0 Å². The largest absolute Gasteiger partial charge is 0.434 e. The van der Waals surface area contributed by atoms with E-state index in [0.717, 1.165) is 12.3 Å². The van der Waals surface area contributed by atoms with Crippen molar-refractivity contribution in [2.45, 2.75) is 37.4 Å². The quantitative estimate of drug-likeness (QED) is 0.816. The first-order valence-corrected chi connectivity index (χ1v) is 9.43. The normalized spacial score (nSPS) is 18.0. The van der Waals surface area contributed by atoms with Crippen LogP contribution in [0.4, 0.5) is 17.6 Å². The van der Waals surface area contributed by atoms with Gasteiger partial charge in [0.05, 0.1) is 4.90 Å². The van der Waals surface area contributed by atoms with Gasteiger partial charge in [0.15, 0.2) is 5.69 Å². The number of rotatable bonds is 4. The minimum atomic E-state index is -4.50. The smallest absolute Gasteiger partial charge is 0.334 e. The van der Waals surface area contributed by atoms with Crippen molar-refractivity contribution in [2.75, 3.05) is 6.54 Å². The summed E-state index contributed by atoms with van der Waals surface area (Å²) in [5.74, 6) is -0.451. The van der Waals surface area contributed by atoms with Gasteiger partial charge in [0.25, 0.3) is 0 Å². The molecule has 5 nitrogen and oxygen atoms in total. The Morgan fingerprint density at radius 2 is 2.08 bits per heavy atom. The molecule has 0 bridgehead atoms. The summed E-state index contributed by atoms with van der Waals surface area (Å²) in [5, 5.41) is 0. The van der Waals surface area contributed by atoms with Crippen LogP contribution in [-0.4, -0.2) is 24.5 Å². The minimum absolute atomic E-state index is 0.0524. The monoisotopic (exact) mass is 391 g/mol. The number of aromatic nitrogens is 2. The molecule has 1 aromatic carbocycles. The van der Waals surface area contributed by atoms with Crippen molar-refractivity contribution in [1.82, 2.24) is 14.3 Å². The number of alkyl halides is 3. The maximum absolute atomic E-state index is 13.6. The molecule has 1 aromatic heterocycles. The number of hydrogen-bond donors (Lipinski definition) is 1. The zero-order valence-corrected chi connectivity index (χ0v) is 14.7. The zero-order chi connectivity index (χ0) is 19.1. The van der Waals surface area contributed by atoms with Crippen molar-refractivity contribution in [2.24, 2.45) is 5.92 Å². The lowest BCUT2D eigenvalue weighted by molar-refractivity contribution is -0.141. The summed E-state index contributed by atoms with van der Waals surface area (Å²) in [6.07, 6.45) is -2.71. The van der Waals surface area contributed by atoms with Crippen LogP contribution in [0, 0.1) is 18.7 Å². The van der Waals surface area contributed by atoms with Gasteiger partial charge >= 0.3 is 6.18 Å². The van der Waals surface area contributed by atoms with Crippen LogP contribution in [0.15, 0.2) is 29.3 Å². The van der Waals surface area contributed by atoms with Crippen molar-refractivity contribution in [3.8, 4) is 0 Å². The number of aryl methyl sites for hydroxylation is 2. The standard InChI is InChI=1S/C16H17F4N3O2S/c1-10-2-4-12(6-13(10)17)26(24,25)21-7-11-3-5-15-22-14(16(18,19)20)9-23(15)8-11/h2,4,6,9,11,21H,3,5,7-8H2,1H3/t11-/m0/s1. The molecule has 2 heterocycles. The number of imidazole rings is 1. The SMILES string of the molecule is Cc1ccc(S(=O)(=O)NC[C@@H]2CCc3nc(C(F)(F)F)cn3C2)cc1F. The molecule has 0 fully saturated rings. The second-order valence-electron chi connectivity index (χ2n) is 6.36. The second kappa shape index (κ2) is 6.66.